The molecule has 150 valence electrons. The van der Waals surface area contributed by atoms with Gasteiger partial charge in [-0.25, -0.2) is 0 Å². The van der Waals surface area contributed by atoms with Crippen molar-refractivity contribution in [3.63, 3.8) is 0 Å². The second-order valence-corrected chi connectivity index (χ2v) is 6.52. The third-order valence-corrected chi connectivity index (χ3v) is 4.55. The van der Waals surface area contributed by atoms with Crippen LogP contribution in [0, 0.1) is 0 Å². The Morgan fingerprint density at radius 2 is 2.07 bits per heavy atom. The molecule has 0 atom stereocenters. The Bertz CT molecular complexity index is 776. The maximum atomic E-state index is 11.1. The monoisotopic (exact) mass is 387 g/mol. The lowest BCUT2D eigenvalue weighted by Gasteiger charge is -2.26. The third-order valence-electron chi connectivity index (χ3n) is 4.55. The number of amides is 1. The summed E-state index contributed by atoms with van der Waals surface area (Å²) in [5.41, 5.74) is 6.73. The van der Waals surface area contributed by atoms with Gasteiger partial charge in [-0.15, -0.1) is 0 Å². The number of aromatic amines is 1. The van der Waals surface area contributed by atoms with E-state index in [2.05, 4.69) is 15.2 Å². The Morgan fingerprint density at radius 1 is 1.25 bits per heavy atom. The molecule has 1 aliphatic heterocycles. The third kappa shape index (κ3) is 5.66. The predicted molar refractivity (Wildman–Crippen MR) is 104 cm³/mol. The molecule has 4 N–H and O–H groups in total. The van der Waals surface area contributed by atoms with Crippen LogP contribution in [0.25, 0.3) is 0 Å². The van der Waals surface area contributed by atoms with Crippen molar-refractivity contribution in [2.75, 3.05) is 46.5 Å². The molecular formula is C20H27N4O4+. The number of methoxy groups -OCH3 is 1. The van der Waals surface area contributed by atoms with Gasteiger partial charge in [0.2, 0.25) is 0 Å². The van der Waals surface area contributed by atoms with Crippen molar-refractivity contribution >= 4 is 5.91 Å². The van der Waals surface area contributed by atoms with Gasteiger partial charge in [0.1, 0.15) is 5.56 Å². The number of H-pyrrole nitrogens is 1. The van der Waals surface area contributed by atoms with Crippen molar-refractivity contribution in [2.45, 2.75) is 6.54 Å². The number of carbonyl (C=O) groups excluding carboxylic acids is 1. The summed E-state index contributed by atoms with van der Waals surface area (Å²) in [6, 6.07) is 9.08. The average molecular weight is 387 g/mol. The number of nitrogens with two attached hydrogens (primary N) is 1. The summed E-state index contributed by atoms with van der Waals surface area (Å²) in [4.78, 5) is 16.4. The first kappa shape index (κ1) is 20.1. The summed E-state index contributed by atoms with van der Waals surface area (Å²) in [5.74, 6) is 1.22. The maximum absolute atomic E-state index is 11.1. The van der Waals surface area contributed by atoms with Crippen molar-refractivity contribution in [1.29, 1.82) is 0 Å². The van der Waals surface area contributed by atoms with Crippen LogP contribution < -0.4 is 25.5 Å². The Kier molecular flexibility index (Phi) is 7.18. The molecule has 2 heterocycles. The molecule has 8 heteroatoms. The first-order valence-corrected chi connectivity index (χ1v) is 9.33. The molecule has 1 amide bonds. The molecule has 0 bridgehead atoms. The molecule has 1 fully saturated rings. The number of carbonyl (C=O) groups is 1. The minimum absolute atomic E-state index is 0.387. The number of aromatic nitrogens is 1. The van der Waals surface area contributed by atoms with Gasteiger partial charge >= 0.3 is 5.88 Å². The van der Waals surface area contributed by atoms with E-state index < -0.39 is 5.91 Å². The van der Waals surface area contributed by atoms with E-state index in [4.69, 9.17) is 19.9 Å². The zero-order valence-electron chi connectivity index (χ0n) is 16.1. The molecule has 8 nitrogen and oxygen atoms in total. The van der Waals surface area contributed by atoms with Crippen molar-refractivity contribution < 1.29 is 24.0 Å². The number of hydrogen-bond acceptors (Lipinski definition) is 6. The number of ether oxygens (including phenoxy) is 3. The zero-order chi connectivity index (χ0) is 19.8. The van der Waals surface area contributed by atoms with E-state index in [9.17, 15) is 4.79 Å². The summed E-state index contributed by atoms with van der Waals surface area (Å²) >= 11 is 0. The summed E-state index contributed by atoms with van der Waals surface area (Å²) in [6.07, 6.45) is 1.51. The van der Waals surface area contributed by atoms with Crippen LogP contribution in [0.5, 0.6) is 17.4 Å². The van der Waals surface area contributed by atoms with Crippen LogP contribution in [0.2, 0.25) is 0 Å². The average Bonchev–Trinajstić information content (AvgIpc) is 2.73. The number of morpholine rings is 1. The normalized spacial score (nSPS) is 14.6. The largest absolute Gasteiger partial charge is 0.493 e. The fourth-order valence-corrected chi connectivity index (χ4v) is 2.95. The number of rotatable bonds is 9. The van der Waals surface area contributed by atoms with E-state index in [1.807, 2.05) is 18.2 Å². The molecule has 0 radical (unpaired) electrons. The maximum Gasteiger partial charge on any atom is 0.371 e. The summed E-state index contributed by atoms with van der Waals surface area (Å²) in [6.45, 7) is 6.32. The van der Waals surface area contributed by atoms with E-state index in [0.717, 1.165) is 51.5 Å². The number of pyridine rings is 1. The lowest BCUT2D eigenvalue weighted by Crippen LogP contribution is -2.40. The minimum atomic E-state index is -0.495. The van der Waals surface area contributed by atoms with Gasteiger partial charge in [-0.1, -0.05) is 6.07 Å². The van der Waals surface area contributed by atoms with Gasteiger partial charge in [-0.2, -0.15) is 4.98 Å². The van der Waals surface area contributed by atoms with Crippen LogP contribution in [0.4, 0.5) is 0 Å². The Balaban J connectivity index is 1.53. The predicted octanol–water partition coefficient (Wildman–Crippen LogP) is 0.822. The topological polar surface area (TPSA) is 100 Å². The summed E-state index contributed by atoms with van der Waals surface area (Å²) < 4.78 is 16.6. The Hall–Kier alpha value is -2.68. The highest BCUT2D eigenvalue weighted by atomic mass is 16.5. The molecule has 0 aliphatic carbocycles. The number of benzene rings is 1. The Labute approximate surface area is 164 Å². The van der Waals surface area contributed by atoms with Gasteiger partial charge in [0.05, 0.1) is 26.4 Å². The molecule has 2 aromatic rings. The fraction of sp³-hybridized carbons (Fsp3) is 0.400. The van der Waals surface area contributed by atoms with Gasteiger partial charge in [-0.05, 0) is 23.8 Å². The second kappa shape index (κ2) is 10.0. The highest BCUT2D eigenvalue weighted by molar-refractivity contribution is 5.92. The molecule has 1 aliphatic rings. The highest BCUT2D eigenvalue weighted by Gasteiger charge is 2.13. The van der Waals surface area contributed by atoms with Crippen LogP contribution in [-0.2, 0) is 11.3 Å². The number of hydrogen-bond donors (Lipinski definition) is 2. The summed E-state index contributed by atoms with van der Waals surface area (Å²) in [7, 11) is 1.61. The van der Waals surface area contributed by atoms with Crippen LogP contribution >= 0.6 is 0 Å². The van der Waals surface area contributed by atoms with Gasteiger partial charge in [0.15, 0.2) is 17.7 Å². The molecule has 3 rings (SSSR count). The smallest absolute Gasteiger partial charge is 0.371 e. The van der Waals surface area contributed by atoms with E-state index >= 15 is 0 Å². The highest BCUT2D eigenvalue weighted by Crippen LogP contribution is 2.30. The van der Waals surface area contributed by atoms with Crippen molar-refractivity contribution in [1.82, 2.24) is 10.2 Å². The zero-order valence-corrected chi connectivity index (χ0v) is 16.1. The quantitative estimate of drug-likeness (QED) is 0.618. The minimum Gasteiger partial charge on any atom is -0.493 e. The SMILES string of the molecule is COc1cc(CNCCN2CCOCC2)ccc1Oc1ccc(C(N)=O)c[nH+]1. The Morgan fingerprint density at radius 3 is 2.75 bits per heavy atom. The van der Waals surface area contributed by atoms with Crippen LogP contribution in [0.15, 0.2) is 36.5 Å². The second-order valence-electron chi connectivity index (χ2n) is 6.52. The van der Waals surface area contributed by atoms with Gasteiger partial charge in [0.25, 0.3) is 5.91 Å². The first-order chi connectivity index (χ1) is 13.7. The van der Waals surface area contributed by atoms with Gasteiger partial charge in [-0.3, -0.25) is 9.69 Å². The van der Waals surface area contributed by atoms with E-state index in [-0.39, 0.29) is 0 Å². The molecule has 0 spiro atoms. The van der Waals surface area contributed by atoms with Crippen molar-refractivity contribution in [3.05, 3.63) is 47.7 Å². The van der Waals surface area contributed by atoms with Crippen molar-refractivity contribution in [3.8, 4) is 17.4 Å². The first-order valence-electron chi connectivity index (χ1n) is 9.33. The van der Waals surface area contributed by atoms with Crippen LogP contribution in [0.3, 0.4) is 0 Å². The fourth-order valence-electron chi connectivity index (χ4n) is 2.95. The van der Waals surface area contributed by atoms with Gasteiger partial charge < -0.3 is 25.3 Å². The number of primary amides is 1. The lowest BCUT2D eigenvalue weighted by atomic mass is 10.2. The molecular weight excluding hydrogens is 360 g/mol. The molecule has 1 saturated heterocycles. The molecule has 1 aromatic heterocycles. The van der Waals surface area contributed by atoms with Gasteiger partial charge in [0, 0.05) is 32.7 Å². The standard InChI is InChI=1S/C20H26N4O4/c1-26-18-12-15(13-22-6-7-24-8-10-27-11-9-24)2-4-17(18)28-19-5-3-16(14-23-19)20(21)25/h2-5,12,14,22H,6-11,13H2,1H3,(H2,21,25)/p+1. The van der Waals surface area contributed by atoms with Crippen molar-refractivity contribution in [2.24, 2.45) is 5.73 Å². The van der Waals surface area contributed by atoms with Crippen LogP contribution in [-0.4, -0.2) is 57.3 Å². The van der Waals surface area contributed by atoms with E-state index in [0.29, 0.717) is 22.9 Å². The van der Waals surface area contributed by atoms with E-state index in [1.165, 1.54) is 6.20 Å². The molecule has 1 aromatic carbocycles. The van der Waals surface area contributed by atoms with Crippen LogP contribution in [0.1, 0.15) is 15.9 Å². The number of nitrogens with zero attached hydrogens (tertiary/aromatic N) is 1. The molecule has 0 saturated carbocycles. The lowest BCUT2D eigenvalue weighted by molar-refractivity contribution is -0.391. The molecule has 0 unspecified atom stereocenters. The molecule has 28 heavy (non-hydrogen) atoms. The summed E-state index contributed by atoms with van der Waals surface area (Å²) in [5, 5.41) is 3.46. The number of nitrogens with one attached hydrogen (secondary N) is 2. The van der Waals surface area contributed by atoms with E-state index in [1.54, 1.807) is 19.2 Å².